The summed E-state index contributed by atoms with van der Waals surface area (Å²) in [6.07, 6.45) is 5.89. The average Bonchev–Trinajstić information content (AvgIpc) is 3.61. The van der Waals surface area contributed by atoms with E-state index in [4.69, 9.17) is 11.5 Å². The summed E-state index contributed by atoms with van der Waals surface area (Å²) < 4.78 is 0. The molecule has 0 bridgehead atoms. The lowest BCUT2D eigenvalue weighted by atomic mass is 10.0. The highest BCUT2D eigenvalue weighted by molar-refractivity contribution is 6.12. The zero-order valence-corrected chi connectivity index (χ0v) is 37.0. The van der Waals surface area contributed by atoms with Crippen molar-refractivity contribution < 1.29 is 48.6 Å². The van der Waals surface area contributed by atoms with Gasteiger partial charge >= 0.3 is 11.9 Å². The van der Waals surface area contributed by atoms with E-state index in [1.165, 1.54) is 55.6 Å². The van der Waals surface area contributed by atoms with Crippen LogP contribution in [0.25, 0.3) is 11.2 Å². The zero-order chi connectivity index (χ0) is 48.8. The van der Waals surface area contributed by atoms with E-state index < -0.39 is 47.8 Å². The first-order valence-corrected chi connectivity index (χ1v) is 21.4. The number of nitrogens with zero attached hydrogens (tertiary/aromatic N) is 5. The lowest BCUT2D eigenvalue weighted by molar-refractivity contribution is -0.139. The number of nitrogens with two attached hydrogens (primary N) is 2. The number of imide groups is 1. The summed E-state index contributed by atoms with van der Waals surface area (Å²) >= 11 is 0. The van der Waals surface area contributed by atoms with E-state index in [0.29, 0.717) is 41.8 Å². The number of hydrogen-bond acceptors (Lipinski definition) is 16. The molecule has 0 radical (unpaired) electrons. The maximum atomic E-state index is 13.2. The second-order valence-corrected chi connectivity index (χ2v) is 15.9. The van der Waals surface area contributed by atoms with Crippen LogP contribution in [0, 0.1) is 5.92 Å². The van der Waals surface area contributed by atoms with Gasteiger partial charge in [0.05, 0.1) is 29.7 Å². The predicted octanol–water partition coefficient (Wildman–Crippen LogP) is 2.04. The number of nitrogen functional groups attached to an aromatic ring is 2. The SMILES string of the molecule is CC(C)[C@H](NC(=O)CCCCCN1C(=O)C=CC1=O)C(=O)N[C@@H](C)C(=O)Nc1ccc(NCCC[C@H](NC(=O)c2ccc(NCc3cnc4nc(N)nc(N)c4n3)cc2)C(=O)O)cc1C(=O)O. The van der Waals surface area contributed by atoms with Gasteiger partial charge in [-0.3, -0.25) is 33.7 Å². The predicted molar refractivity (Wildman–Crippen MR) is 245 cm³/mol. The number of benzene rings is 2. The molecular formula is C44H53N13O10. The first kappa shape index (κ1) is 49.8. The number of carboxylic acid groups (broad SMARTS) is 2. The molecule has 12 N–H and O–H groups in total. The number of aliphatic carboxylic acids is 1. The molecule has 2 aromatic heterocycles. The number of amides is 6. The quantitative estimate of drug-likeness (QED) is 0.0355. The van der Waals surface area contributed by atoms with Gasteiger partial charge in [-0.2, -0.15) is 9.97 Å². The lowest BCUT2D eigenvalue weighted by Gasteiger charge is -2.24. The largest absolute Gasteiger partial charge is 0.480 e. The third-order valence-electron chi connectivity index (χ3n) is 10.4. The van der Waals surface area contributed by atoms with Gasteiger partial charge in [-0.25, -0.2) is 19.6 Å². The number of carboxylic acids is 2. The molecule has 67 heavy (non-hydrogen) atoms. The number of unbranched alkanes of at least 4 members (excludes halogenated alkanes) is 2. The number of hydrogen-bond donors (Lipinski definition) is 10. The van der Waals surface area contributed by atoms with Crippen LogP contribution in [0.5, 0.6) is 0 Å². The van der Waals surface area contributed by atoms with Gasteiger partial charge in [-0.1, -0.05) is 20.3 Å². The number of aromatic nitrogens is 4. The molecule has 3 heterocycles. The van der Waals surface area contributed by atoms with Crippen LogP contribution < -0.4 is 43.4 Å². The topological polar surface area (TPSA) is 356 Å². The van der Waals surface area contributed by atoms with Crippen molar-refractivity contribution in [2.75, 3.05) is 40.5 Å². The molecule has 23 heteroatoms. The molecule has 1 aliphatic rings. The maximum absolute atomic E-state index is 13.2. The Morgan fingerprint density at radius 2 is 1.48 bits per heavy atom. The summed E-state index contributed by atoms with van der Waals surface area (Å²) in [6.45, 7) is 5.57. The second-order valence-electron chi connectivity index (χ2n) is 15.9. The number of nitrogens with one attached hydrogen (secondary N) is 6. The lowest BCUT2D eigenvalue weighted by Crippen LogP contribution is -2.53. The standard InChI is InChI=1S/C44H53N13O10/c1-23(2)35(54-32(58)9-5-4-6-19-57-33(59)16-17-34(57)60)41(63)50-24(3)39(61)52-30-15-14-27(20-29(30)42(64)65)47-18-7-8-31(43(66)67)53-40(62)25-10-12-26(13-11-25)48-21-28-22-49-38-36(51-28)37(45)55-44(46)56-38/h10-17,20,22-24,31,35,47-48H,4-9,18-19,21H2,1-3H3,(H,50,63)(H,52,61)(H,53,62)(H,54,58)(H,64,65)(H,66,67)(H4,45,46,49,55,56)/t24-,31-,35-/m0/s1. The van der Waals surface area contributed by atoms with Gasteiger partial charge in [0, 0.05) is 48.6 Å². The molecular weight excluding hydrogens is 871 g/mol. The van der Waals surface area contributed by atoms with Gasteiger partial charge < -0.3 is 53.6 Å². The Kier molecular flexibility index (Phi) is 17.2. The molecule has 1 aliphatic heterocycles. The third-order valence-corrected chi connectivity index (χ3v) is 10.4. The Bertz CT molecular complexity index is 2530. The van der Waals surface area contributed by atoms with Gasteiger partial charge in [-0.15, -0.1) is 0 Å². The molecule has 4 aromatic rings. The molecule has 0 saturated carbocycles. The highest BCUT2D eigenvalue weighted by Crippen LogP contribution is 2.22. The Morgan fingerprint density at radius 1 is 0.776 bits per heavy atom. The molecule has 0 saturated heterocycles. The molecule has 0 aliphatic carbocycles. The zero-order valence-electron chi connectivity index (χ0n) is 37.0. The van der Waals surface area contributed by atoms with Gasteiger partial charge in [0.25, 0.3) is 17.7 Å². The summed E-state index contributed by atoms with van der Waals surface area (Å²) in [5.41, 5.74) is 13.5. The third kappa shape index (κ3) is 14.1. The Morgan fingerprint density at radius 3 is 2.15 bits per heavy atom. The number of carbonyl (C=O) groups excluding carboxylic acids is 6. The first-order valence-electron chi connectivity index (χ1n) is 21.4. The first-order chi connectivity index (χ1) is 31.9. The van der Waals surface area contributed by atoms with E-state index in [9.17, 15) is 48.6 Å². The van der Waals surface area contributed by atoms with Crippen LogP contribution in [0.2, 0.25) is 0 Å². The molecule has 3 atom stereocenters. The van der Waals surface area contributed by atoms with Crippen LogP contribution >= 0.6 is 0 Å². The minimum absolute atomic E-state index is 0.0138. The fraction of sp³-hybridized carbons (Fsp3) is 0.364. The number of rotatable bonds is 24. The van der Waals surface area contributed by atoms with Crippen molar-refractivity contribution in [1.82, 2.24) is 40.8 Å². The van der Waals surface area contributed by atoms with Gasteiger partial charge in [0.15, 0.2) is 17.0 Å². The summed E-state index contributed by atoms with van der Waals surface area (Å²) in [4.78, 5) is 117. The smallest absolute Gasteiger partial charge is 0.337 e. The van der Waals surface area contributed by atoms with E-state index in [-0.39, 0.29) is 96.8 Å². The number of anilines is 5. The van der Waals surface area contributed by atoms with Crippen LogP contribution in [0.1, 0.15) is 85.7 Å². The van der Waals surface area contributed by atoms with Crippen LogP contribution in [0.15, 0.2) is 60.8 Å². The van der Waals surface area contributed by atoms with Crippen molar-refractivity contribution in [3.05, 3.63) is 77.6 Å². The highest BCUT2D eigenvalue weighted by atomic mass is 16.4. The van der Waals surface area contributed by atoms with Crippen molar-refractivity contribution in [1.29, 1.82) is 0 Å². The van der Waals surface area contributed by atoms with Crippen LogP contribution in [-0.2, 0) is 35.3 Å². The van der Waals surface area contributed by atoms with Crippen molar-refractivity contribution in [2.24, 2.45) is 5.92 Å². The maximum Gasteiger partial charge on any atom is 0.337 e. The number of aromatic carboxylic acids is 1. The molecule has 5 rings (SSSR count). The van der Waals surface area contributed by atoms with Crippen LogP contribution in [0.4, 0.5) is 28.8 Å². The summed E-state index contributed by atoms with van der Waals surface area (Å²) in [6, 6.07) is 7.21. The highest BCUT2D eigenvalue weighted by Gasteiger charge is 2.28. The van der Waals surface area contributed by atoms with E-state index in [2.05, 4.69) is 51.8 Å². The molecule has 0 fully saturated rings. The molecule has 2 aromatic carbocycles. The van der Waals surface area contributed by atoms with Crippen LogP contribution in [0.3, 0.4) is 0 Å². The Hall–Kier alpha value is -8.24. The Labute approximate surface area is 384 Å². The summed E-state index contributed by atoms with van der Waals surface area (Å²) in [5.74, 6) is -5.90. The normalized spacial score (nSPS) is 13.5. The van der Waals surface area contributed by atoms with Crippen molar-refractivity contribution >= 4 is 87.4 Å². The van der Waals surface area contributed by atoms with Crippen molar-refractivity contribution in [2.45, 2.75) is 84.0 Å². The molecule has 23 nitrogen and oxygen atoms in total. The minimum Gasteiger partial charge on any atom is -0.480 e. The second kappa shape index (κ2) is 23.1. The fourth-order valence-corrected chi connectivity index (χ4v) is 6.75. The molecule has 6 amide bonds. The molecule has 354 valence electrons. The fourth-order valence-electron chi connectivity index (χ4n) is 6.75. The van der Waals surface area contributed by atoms with E-state index in [1.807, 2.05) is 0 Å². The molecule has 0 unspecified atom stereocenters. The van der Waals surface area contributed by atoms with Crippen LogP contribution in [-0.4, -0.2) is 114 Å². The van der Waals surface area contributed by atoms with Gasteiger partial charge in [0.2, 0.25) is 23.7 Å². The number of fused-ring (bicyclic) bond motifs is 1. The van der Waals surface area contributed by atoms with Crippen molar-refractivity contribution in [3.63, 3.8) is 0 Å². The van der Waals surface area contributed by atoms with Crippen molar-refractivity contribution in [3.8, 4) is 0 Å². The average molecular weight is 924 g/mol. The minimum atomic E-state index is -1.35. The summed E-state index contributed by atoms with van der Waals surface area (Å²) in [5, 5.41) is 36.3. The Balaban J connectivity index is 1.04. The van der Waals surface area contributed by atoms with Gasteiger partial charge in [0.1, 0.15) is 18.1 Å². The number of carbonyl (C=O) groups is 8. The van der Waals surface area contributed by atoms with Gasteiger partial charge in [-0.05, 0) is 81.0 Å². The monoisotopic (exact) mass is 923 g/mol. The van der Waals surface area contributed by atoms with E-state index in [1.54, 1.807) is 26.0 Å². The summed E-state index contributed by atoms with van der Waals surface area (Å²) in [7, 11) is 0. The van der Waals surface area contributed by atoms with E-state index in [0.717, 1.165) is 4.90 Å². The van der Waals surface area contributed by atoms with E-state index >= 15 is 0 Å². The molecule has 0 spiro atoms.